The van der Waals surface area contributed by atoms with E-state index in [2.05, 4.69) is 22.9 Å². The largest absolute Gasteiger partial charge is 0.308 e. The Kier molecular flexibility index (Phi) is 4.96. The lowest BCUT2D eigenvalue weighted by Crippen LogP contribution is -2.31. The van der Waals surface area contributed by atoms with Gasteiger partial charge in [0.15, 0.2) is 0 Å². The molecule has 2 rings (SSSR count). The second-order valence-corrected chi connectivity index (χ2v) is 5.72. The van der Waals surface area contributed by atoms with Crippen LogP contribution in [0, 0.1) is 6.92 Å². The van der Waals surface area contributed by atoms with Crippen LogP contribution in [0.3, 0.4) is 0 Å². The molecule has 2 aromatic rings. The van der Waals surface area contributed by atoms with E-state index < -0.39 is 0 Å². The Morgan fingerprint density at radius 1 is 1.15 bits per heavy atom. The van der Waals surface area contributed by atoms with Gasteiger partial charge in [-0.1, -0.05) is 35.0 Å². The van der Waals surface area contributed by atoms with Gasteiger partial charge in [0.1, 0.15) is 0 Å². The van der Waals surface area contributed by atoms with Gasteiger partial charge in [0.05, 0.1) is 0 Å². The average molecular weight is 332 g/mol. The van der Waals surface area contributed by atoms with Crippen LogP contribution in [-0.4, -0.2) is 12.5 Å². The molecule has 0 saturated carbocycles. The molecule has 1 amide bonds. The predicted octanol–water partition coefficient (Wildman–Crippen LogP) is 4.81. The third-order valence-electron chi connectivity index (χ3n) is 3.10. The van der Waals surface area contributed by atoms with Crippen molar-refractivity contribution in [3.8, 4) is 0 Å². The average Bonchev–Trinajstić information content (AvgIpc) is 2.45. The van der Waals surface area contributed by atoms with E-state index in [9.17, 15) is 4.79 Å². The van der Waals surface area contributed by atoms with Crippen LogP contribution in [0.15, 0.2) is 53.0 Å². The standard InChI is InChI=1S/C17H18BrNO/c1-3-11-19(16-6-4-5-13(2)12-16)17(20)14-7-9-15(18)10-8-14/h4-10,12H,3,11H2,1-2H3. The molecule has 104 valence electrons. The Morgan fingerprint density at radius 2 is 1.85 bits per heavy atom. The topological polar surface area (TPSA) is 20.3 Å². The lowest BCUT2D eigenvalue weighted by molar-refractivity contribution is 0.0987. The van der Waals surface area contributed by atoms with Crippen LogP contribution in [0.4, 0.5) is 5.69 Å². The Labute approximate surface area is 128 Å². The Bertz CT molecular complexity index is 592. The zero-order chi connectivity index (χ0) is 14.5. The highest BCUT2D eigenvalue weighted by molar-refractivity contribution is 9.10. The Morgan fingerprint density at radius 3 is 2.45 bits per heavy atom. The number of aryl methyl sites for hydroxylation is 1. The van der Waals surface area contributed by atoms with Crippen LogP contribution in [-0.2, 0) is 0 Å². The number of carbonyl (C=O) groups is 1. The minimum Gasteiger partial charge on any atom is -0.308 e. The number of nitrogens with zero attached hydrogens (tertiary/aromatic N) is 1. The van der Waals surface area contributed by atoms with Crippen LogP contribution in [0.2, 0.25) is 0 Å². The van der Waals surface area contributed by atoms with Crippen LogP contribution in [0.1, 0.15) is 29.3 Å². The van der Waals surface area contributed by atoms with Gasteiger partial charge in [-0.15, -0.1) is 0 Å². The van der Waals surface area contributed by atoms with Crippen molar-refractivity contribution >= 4 is 27.5 Å². The summed E-state index contributed by atoms with van der Waals surface area (Å²) in [6.45, 7) is 4.84. The molecule has 2 aromatic carbocycles. The summed E-state index contributed by atoms with van der Waals surface area (Å²) in [6.07, 6.45) is 0.927. The lowest BCUT2D eigenvalue weighted by Gasteiger charge is -2.23. The summed E-state index contributed by atoms with van der Waals surface area (Å²) in [6, 6.07) is 15.6. The van der Waals surface area contributed by atoms with Gasteiger partial charge in [-0.3, -0.25) is 4.79 Å². The van der Waals surface area contributed by atoms with Crippen LogP contribution in [0.25, 0.3) is 0 Å². The molecule has 0 atom stereocenters. The quantitative estimate of drug-likeness (QED) is 0.786. The SMILES string of the molecule is CCCN(C(=O)c1ccc(Br)cc1)c1cccc(C)c1. The van der Waals surface area contributed by atoms with Crippen molar-refractivity contribution in [3.05, 3.63) is 64.1 Å². The molecule has 0 spiro atoms. The maximum Gasteiger partial charge on any atom is 0.258 e. The number of rotatable bonds is 4. The monoisotopic (exact) mass is 331 g/mol. The summed E-state index contributed by atoms with van der Waals surface area (Å²) in [5.74, 6) is 0.0463. The van der Waals surface area contributed by atoms with Crippen LogP contribution in [0.5, 0.6) is 0 Å². The molecular formula is C17H18BrNO. The van der Waals surface area contributed by atoms with E-state index in [1.54, 1.807) is 0 Å². The summed E-state index contributed by atoms with van der Waals surface area (Å²) in [5.41, 5.74) is 2.83. The van der Waals surface area contributed by atoms with Crippen LogP contribution >= 0.6 is 15.9 Å². The molecule has 0 aliphatic rings. The van der Waals surface area contributed by atoms with Gasteiger partial charge in [0.25, 0.3) is 5.91 Å². The highest BCUT2D eigenvalue weighted by Gasteiger charge is 2.16. The molecule has 0 N–H and O–H groups in total. The summed E-state index contributed by atoms with van der Waals surface area (Å²) in [7, 11) is 0. The van der Waals surface area contributed by atoms with Gasteiger partial charge in [-0.25, -0.2) is 0 Å². The number of amides is 1. The maximum absolute atomic E-state index is 12.7. The first-order valence-corrected chi connectivity index (χ1v) is 7.55. The minimum absolute atomic E-state index is 0.0463. The van der Waals surface area contributed by atoms with Gasteiger partial charge in [0, 0.05) is 22.3 Å². The molecule has 0 aromatic heterocycles. The molecule has 0 unspecified atom stereocenters. The van der Waals surface area contributed by atoms with Crippen molar-refractivity contribution in [2.75, 3.05) is 11.4 Å². The van der Waals surface area contributed by atoms with E-state index >= 15 is 0 Å². The Hall–Kier alpha value is -1.61. The molecule has 2 nitrogen and oxygen atoms in total. The summed E-state index contributed by atoms with van der Waals surface area (Å²) in [5, 5.41) is 0. The lowest BCUT2D eigenvalue weighted by atomic mass is 10.1. The highest BCUT2D eigenvalue weighted by Crippen LogP contribution is 2.20. The third-order valence-corrected chi connectivity index (χ3v) is 3.63. The second kappa shape index (κ2) is 6.71. The van der Waals surface area contributed by atoms with Crippen LogP contribution < -0.4 is 4.90 Å². The van der Waals surface area contributed by atoms with E-state index in [4.69, 9.17) is 0 Å². The molecular weight excluding hydrogens is 314 g/mol. The fourth-order valence-electron chi connectivity index (χ4n) is 2.12. The minimum atomic E-state index is 0.0463. The van der Waals surface area contributed by atoms with Crippen molar-refractivity contribution < 1.29 is 4.79 Å². The second-order valence-electron chi connectivity index (χ2n) is 4.80. The normalized spacial score (nSPS) is 10.3. The zero-order valence-corrected chi connectivity index (χ0v) is 13.4. The van der Waals surface area contributed by atoms with E-state index in [-0.39, 0.29) is 5.91 Å². The molecule has 0 aliphatic heterocycles. The predicted molar refractivity (Wildman–Crippen MR) is 87.3 cm³/mol. The van der Waals surface area contributed by atoms with Crippen molar-refractivity contribution in [3.63, 3.8) is 0 Å². The first kappa shape index (κ1) is 14.8. The molecule has 0 bridgehead atoms. The first-order valence-electron chi connectivity index (χ1n) is 6.76. The molecule has 0 heterocycles. The summed E-state index contributed by atoms with van der Waals surface area (Å²) >= 11 is 3.39. The van der Waals surface area contributed by atoms with Crippen molar-refractivity contribution in [2.45, 2.75) is 20.3 Å². The number of halogens is 1. The first-order chi connectivity index (χ1) is 9.61. The number of carbonyl (C=O) groups excluding carboxylic acids is 1. The van der Waals surface area contributed by atoms with Crippen molar-refractivity contribution in [1.29, 1.82) is 0 Å². The fraction of sp³-hybridized carbons (Fsp3) is 0.235. The van der Waals surface area contributed by atoms with E-state index in [1.807, 2.05) is 60.4 Å². The van der Waals surface area contributed by atoms with Crippen molar-refractivity contribution in [2.24, 2.45) is 0 Å². The van der Waals surface area contributed by atoms with E-state index in [0.717, 1.165) is 28.7 Å². The van der Waals surface area contributed by atoms with Gasteiger partial charge in [-0.2, -0.15) is 0 Å². The van der Waals surface area contributed by atoms with Crippen molar-refractivity contribution in [1.82, 2.24) is 0 Å². The third kappa shape index (κ3) is 3.48. The van der Waals surface area contributed by atoms with Gasteiger partial charge in [0.2, 0.25) is 0 Å². The zero-order valence-electron chi connectivity index (χ0n) is 11.8. The van der Waals surface area contributed by atoms with Gasteiger partial charge in [-0.05, 0) is 55.3 Å². The number of hydrogen-bond donors (Lipinski definition) is 0. The fourth-order valence-corrected chi connectivity index (χ4v) is 2.38. The van der Waals surface area contributed by atoms with E-state index in [0.29, 0.717) is 5.56 Å². The highest BCUT2D eigenvalue weighted by atomic mass is 79.9. The smallest absolute Gasteiger partial charge is 0.258 e. The van der Waals surface area contributed by atoms with Gasteiger partial charge < -0.3 is 4.90 Å². The molecule has 0 aliphatic carbocycles. The van der Waals surface area contributed by atoms with E-state index in [1.165, 1.54) is 0 Å². The molecule has 0 radical (unpaired) electrons. The number of anilines is 1. The molecule has 0 saturated heterocycles. The Balaban J connectivity index is 2.33. The van der Waals surface area contributed by atoms with Gasteiger partial charge >= 0.3 is 0 Å². The molecule has 3 heteroatoms. The number of hydrogen-bond acceptors (Lipinski definition) is 1. The summed E-state index contributed by atoms with van der Waals surface area (Å²) < 4.78 is 0.978. The molecule has 0 fully saturated rings. The maximum atomic E-state index is 12.7. The molecule has 20 heavy (non-hydrogen) atoms. The summed E-state index contributed by atoms with van der Waals surface area (Å²) in [4.78, 5) is 14.5. The number of benzene rings is 2.